The molecular formula is C21H19FN8OS. The van der Waals surface area contributed by atoms with Crippen molar-refractivity contribution in [1.82, 2.24) is 34.1 Å². The Kier molecular flexibility index (Phi) is 4.89. The highest BCUT2D eigenvalue weighted by atomic mass is 32.1. The third-order valence-electron chi connectivity index (χ3n) is 5.70. The highest BCUT2D eigenvalue weighted by Crippen LogP contribution is 2.36. The van der Waals surface area contributed by atoms with Crippen molar-refractivity contribution in [2.45, 2.75) is 18.9 Å². The first-order valence-corrected chi connectivity index (χ1v) is 9.98. The number of aromatic amines is 1. The monoisotopic (exact) mass is 450 g/mol. The molecule has 1 fully saturated rings. The molecule has 1 aromatic carbocycles. The van der Waals surface area contributed by atoms with Gasteiger partial charge in [-0.1, -0.05) is 18.2 Å². The SMILES string of the molecule is O=c1c2c(F)ccn2nc([C@@H]2CCCN2c2ncnc3nc[nH]c23)n1-c1ccccc1.S. The number of para-hydroxylation sites is 1. The molecule has 11 heteroatoms. The average Bonchev–Trinajstić information content (AvgIpc) is 3.53. The maximum absolute atomic E-state index is 14.4. The Morgan fingerprint density at radius 2 is 1.94 bits per heavy atom. The number of hydrogen-bond acceptors (Lipinski definition) is 6. The van der Waals surface area contributed by atoms with Crippen LogP contribution in [0, 0.1) is 5.82 Å². The summed E-state index contributed by atoms with van der Waals surface area (Å²) in [7, 11) is 0. The van der Waals surface area contributed by atoms with Crippen LogP contribution in [0.2, 0.25) is 0 Å². The second-order valence-corrected chi connectivity index (χ2v) is 7.44. The molecule has 9 nitrogen and oxygen atoms in total. The highest BCUT2D eigenvalue weighted by molar-refractivity contribution is 7.59. The van der Waals surface area contributed by atoms with Crippen molar-refractivity contribution in [3.8, 4) is 5.69 Å². The molecule has 0 radical (unpaired) electrons. The molecular weight excluding hydrogens is 431 g/mol. The van der Waals surface area contributed by atoms with E-state index in [4.69, 9.17) is 0 Å². The fourth-order valence-corrected chi connectivity index (χ4v) is 4.35. The molecule has 5 aromatic rings. The standard InChI is InChI=1S/C21H17FN8O.H2S/c22-14-8-10-29-17(14)21(31)30(13-5-2-1-3-6-13)19(27-29)15-7-4-9-28(15)20-16-18(24-11-23-16)25-12-26-20;/h1-3,5-6,8,10-12,15H,4,7,9H2,(H,23,24,25,26);1H2/t15-;/m0./s1. The largest absolute Gasteiger partial charge is 0.344 e. The zero-order chi connectivity index (χ0) is 20.9. The quantitative estimate of drug-likeness (QED) is 0.454. The second-order valence-electron chi connectivity index (χ2n) is 7.44. The van der Waals surface area contributed by atoms with Crippen molar-refractivity contribution in [2.75, 3.05) is 11.4 Å². The number of H-pyrrole nitrogens is 1. The van der Waals surface area contributed by atoms with Crippen LogP contribution in [0.25, 0.3) is 22.4 Å². The fourth-order valence-electron chi connectivity index (χ4n) is 4.35. The van der Waals surface area contributed by atoms with E-state index in [1.54, 1.807) is 6.33 Å². The third-order valence-corrected chi connectivity index (χ3v) is 5.70. The van der Waals surface area contributed by atoms with Crippen molar-refractivity contribution in [2.24, 2.45) is 0 Å². The molecule has 0 spiro atoms. The summed E-state index contributed by atoms with van der Waals surface area (Å²) in [5.41, 5.74) is 1.43. The van der Waals surface area contributed by atoms with Crippen molar-refractivity contribution in [3.05, 3.63) is 77.2 Å². The molecule has 1 N–H and O–H groups in total. The van der Waals surface area contributed by atoms with Gasteiger partial charge in [-0.3, -0.25) is 9.36 Å². The van der Waals surface area contributed by atoms with Gasteiger partial charge in [0.25, 0.3) is 5.56 Å². The van der Waals surface area contributed by atoms with Crippen LogP contribution in [0.3, 0.4) is 0 Å². The van der Waals surface area contributed by atoms with Crippen LogP contribution in [0.4, 0.5) is 10.2 Å². The molecule has 162 valence electrons. The van der Waals surface area contributed by atoms with Crippen LogP contribution >= 0.6 is 13.5 Å². The molecule has 0 unspecified atom stereocenters. The van der Waals surface area contributed by atoms with E-state index in [1.807, 2.05) is 30.3 Å². The molecule has 32 heavy (non-hydrogen) atoms. The van der Waals surface area contributed by atoms with E-state index in [0.29, 0.717) is 23.0 Å². The number of nitrogens with zero attached hydrogens (tertiary/aromatic N) is 7. The lowest BCUT2D eigenvalue weighted by Gasteiger charge is -2.27. The summed E-state index contributed by atoms with van der Waals surface area (Å²) >= 11 is 0. The average molecular weight is 451 g/mol. The number of imidazole rings is 1. The molecule has 0 saturated carbocycles. The fraction of sp³-hybridized carbons (Fsp3) is 0.190. The van der Waals surface area contributed by atoms with Gasteiger partial charge in [-0.25, -0.2) is 23.9 Å². The minimum absolute atomic E-state index is 0. The third kappa shape index (κ3) is 2.96. The van der Waals surface area contributed by atoms with Crippen LogP contribution in [0.1, 0.15) is 24.7 Å². The molecule has 0 amide bonds. The summed E-state index contributed by atoms with van der Waals surface area (Å²) in [5, 5.41) is 4.69. The van der Waals surface area contributed by atoms with Crippen molar-refractivity contribution >= 4 is 36.0 Å². The number of fused-ring (bicyclic) bond motifs is 2. The van der Waals surface area contributed by atoms with Gasteiger partial charge in [0, 0.05) is 12.7 Å². The number of hydrogen-bond donors (Lipinski definition) is 1. The Balaban J connectivity index is 0.00000216. The van der Waals surface area contributed by atoms with E-state index in [2.05, 4.69) is 29.9 Å². The normalized spacial score (nSPS) is 16.0. The van der Waals surface area contributed by atoms with Crippen LogP contribution < -0.4 is 10.5 Å². The second kappa shape index (κ2) is 7.75. The van der Waals surface area contributed by atoms with Crippen LogP contribution in [0.15, 0.2) is 60.0 Å². The van der Waals surface area contributed by atoms with Crippen molar-refractivity contribution in [1.29, 1.82) is 0 Å². The zero-order valence-electron chi connectivity index (χ0n) is 16.8. The highest BCUT2D eigenvalue weighted by Gasteiger charge is 2.33. The summed E-state index contributed by atoms with van der Waals surface area (Å²) in [6.07, 6.45) is 6.21. The molecule has 1 saturated heterocycles. The number of aromatic nitrogens is 7. The van der Waals surface area contributed by atoms with Gasteiger partial charge in [-0.15, -0.1) is 0 Å². The smallest absolute Gasteiger partial charge is 0.285 e. The van der Waals surface area contributed by atoms with Crippen LogP contribution in [-0.2, 0) is 0 Å². The van der Waals surface area contributed by atoms with Gasteiger partial charge in [-0.2, -0.15) is 18.6 Å². The molecule has 6 rings (SSSR count). The molecule has 0 bridgehead atoms. The molecule has 1 atom stereocenters. The first-order valence-electron chi connectivity index (χ1n) is 9.98. The number of benzene rings is 1. The van der Waals surface area contributed by atoms with E-state index < -0.39 is 11.4 Å². The number of anilines is 1. The van der Waals surface area contributed by atoms with Gasteiger partial charge in [-0.05, 0) is 31.0 Å². The number of halogens is 1. The molecule has 4 aromatic heterocycles. The topological polar surface area (TPSA) is 97.0 Å². The maximum Gasteiger partial charge on any atom is 0.285 e. The zero-order valence-corrected chi connectivity index (χ0v) is 17.8. The minimum Gasteiger partial charge on any atom is -0.344 e. The predicted molar refractivity (Wildman–Crippen MR) is 122 cm³/mol. The van der Waals surface area contributed by atoms with Gasteiger partial charge in [0.1, 0.15) is 11.8 Å². The first-order chi connectivity index (χ1) is 15.2. The van der Waals surface area contributed by atoms with E-state index in [1.165, 1.54) is 27.7 Å². The van der Waals surface area contributed by atoms with Crippen molar-refractivity contribution in [3.63, 3.8) is 0 Å². The summed E-state index contributed by atoms with van der Waals surface area (Å²) < 4.78 is 17.2. The number of rotatable bonds is 3. The number of nitrogens with one attached hydrogen (secondary N) is 1. The Bertz CT molecular complexity index is 1480. The van der Waals surface area contributed by atoms with Crippen LogP contribution in [0.5, 0.6) is 0 Å². The lowest BCUT2D eigenvalue weighted by atomic mass is 10.2. The van der Waals surface area contributed by atoms with E-state index in [-0.39, 0.29) is 25.1 Å². The van der Waals surface area contributed by atoms with Gasteiger partial charge >= 0.3 is 0 Å². The van der Waals surface area contributed by atoms with Gasteiger partial charge < -0.3 is 9.88 Å². The maximum atomic E-state index is 14.4. The summed E-state index contributed by atoms with van der Waals surface area (Å²) in [6, 6.07) is 10.2. The molecule has 1 aliphatic heterocycles. The van der Waals surface area contributed by atoms with Crippen molar-refractivity contribution < 1.29 is 4.39 Å². The van der Waals surface area contributed by atoms with Gasteiger partial charge in [0.15, 0.2) is 28.6 Å². The lowest BCUT2D eigenvalue weighted by Crippen LogP contribution is -2.33. The minimum atomic E-state index is -0.591. The first kappa shape index (κ1) is 20.2. The predicted octanol–water partition coefficient (Wildman–Crippen LogP) is 2.74. The van der Waals surface area contributed by atoms with E-state index in [0.717, 1.165) is 24.9 Å². The molecule has 5 heterocycles. The summed E-state index contributed by atoms with van der Waals surface area (Å²) in [6.45, 7) is 0.735. The molecule has 1 aliphatic rings. The van der Waals surface area contributed by atoms with Crippen LogP contribution in [-0.4, -0.2) is 40.7 Å². The summed E-state index contributed by atoms with van der Waals surface area (Å²) in [5.74, 6) is 0.646. The summed E-state index contributed by atoms with van der Waals surface area (Å²) in [4.78, 5) is 31.5. The lowest BCUT2D eigenvalue weighted by molar-refractivity contribution is 0.593. The Morgan fingerprint density at radius 1 is 1.09 bits per heavy atom. The molecule has 0 aliphatic carbocycles. The Labute approximate surface area is 188 Å². The van der Waals surface area contributed by atoms with E-state index >= 15 is 0 Å². The Morgan fingerprint density at radius 3 is 2.78 bits per heavy atom. The Hall–Kier alpha value is -3.73. The van der Waals surface area contributed by atoms with Gasteiger partial charge in [0.2, 0.25) is 0 Å². The van der Waals surface area contributed by atoms with Gasteiger partial charge in [0.05, 0.1) is 18.1 Å². The van der Waals surface area contributed by atoms with E-state index in [9.17, 15) is 9.18 Å².